The molecule has 1 N–H and O–H groups in total. The average Bonchev–Trinajstić information content (AvgIpc) is 3.35. The highest BCUT2D eigenvalue weighted by Gasteiger charge is 2.27. The summed E-state index contributed by atoms with van der Waals surface area (Å²) in [4.78, 5) is 28.8. The number of nitrogens with one attached hydrogen (secondary N) is 1. The molecule has 7 nitrogen and oxygen atoms in total. The highest BCUT2D eigenvalue weighted by molar-refractivity contribution is 7.13. The van der Waals surface area contributed by atoms with E-state index in [0.29, 0.717) is 38.4 Å². The van der Waals surface area contributed by atoms with Crippen LogP contribution < -0.4 is 5.32 Å². The van der Waals surface area contributed by atoms with Crippen LogP contribution in [0.4, 0.5) is 4.79 Å². The number of ether oxygens (including phenoxy) is 1. The highest BCUT2D eigenvalue weighted by Crippen LogP contribution is 2.25. The minimum atomic E-state index is -0.0765. The fourth-order valence-corrected chi connectivity index (χ4v) is 4.34. The van der Waals surface area contributed by atoms with Gasteiger partial charge in [-0.25, -0.2) is 4.79 Å². The second-order valence-corrected chi connectivity index (χ2v) is 7.94. The highest BCUT2D eigenvalue weighted by atomic mass is 32.1. The minimum Gasteiger partial charge on any atom is -0.376 e. The van der Waals surface area contributed by atoms with E-state index in [2.05, 4.69) is 9.69 Å². The third kappa shape index (κ3) is 3.91. The van der Waals surface area contributed by atoms with Crippen LogP contribution in [0.3, 0.4) is 0 Å². The van der Waals surface area contributed by atoms with Crippen molar-refractivity contribution in [2.75, 3.05) is 39.3 Å². The number of hydrogen-bond donors (Lipinski definition) is 1. The van der Waals surface area contributed by atoms with Crippen molar-refractivity contribution in [3.8, 4) is 0 Å². The number of carbonyl (C=O) groups excluding carboxylic acids is 2. The van der Waals surface area contributed by atoms with Gasteiger partial charge in [0.15, 0.2) is 0 Å². The second-order valence-electron chi connectivity index (χ2n) is 7.13. The van der Waals surface area contributed by atoms with Gasteiger partial charge in [-0.15, -0.1) is 0 Å². The van der Waals surface area contributed by atoms with Crippen LogP contribution in [0, 0.1) is 6.92 Å². The third-order valence-electron chi connectivity index (χ3n) is 5.19. The Labute approximate surface area is 162 Å². The van der Waals surface area contributed by atoms with Gasteiger partial charge in [-0.05, 0) is 43.4 Å². The molecule has 3 heterocycles. The van der Waals surface area contributed by atoms with Gasteiger partial charge >= 0.3 is 6.03 Å². The van der Waals surface area contributed by atoms with Gasteiger partial charge in [0.1, 0.15) is 5.69 Å². The van der Waals surface area contributed by atoms with E-state index >= 15 is 0 Å². The Kier molecular flexibility index (Phi) is 5.27. The second kappa shape index (κ2) is 7.82. The molecule has 1 aromatic carbocycles. The topological polar surface area (TPSA) is 74.8 Å². The molecule has 27 heavy (non-hydrogen) atoms. The number of piperazine rings is 1. The van der Waals surface area contributed by atoms with E-state index in [1.54, 1.807) is 9.80 Å². The van der Waals surface area contributed by atoms with Crippen LogP contribution in [-0.4, -0.2) is 71.5 Å². The maximum Gasteiger partial charge on any atom is 0.317 e. The van der Waals surface area contributed by atoms with Gasteiger partial charge in [-0.2, -0.15) is 4.37 Å². The van der Waals surface area contributed by atoms with Crippen LogP contribution in [0.5, 0.6) is 0 Å². The standard InChI is InChI=1S/C19H24N4O3S/c1-13-4-5-16-15(11-13)17(21-27-16)18(24)22-6-8-23(9-7-22)19(25)20-12-14-3-2-10-26-14/h4-5,11,14H,2-3,6-10,12H2,1H3,(H,20,25). The van der Waals surface area contributed by atoms with Crippen LogP contribution in [0.15, 0.2) is 18.2 Å². The molecule has 1 atom stereocenters. The molecule has 0 radical (unpaired) electrons. The summed E-state index contributed by atoms with van der Waals surface area (Å²) in [7, 11) is 0. The number of aromatic nitrogens is 1. The summed E-state index contributed by atoms with van der Waals surface area (Å²) >= 11 is 1.36. The Morgan fingerprint density at radius 3 is 2.78 bits per heavy atom. The molecule has 3 amide bonds. The van der Waals surface area contributed by atoms with E-state index in [-0.39, 0.29) is 18.0 Å². The molecule has 0 saturated carbocycles. The SMILES string of the molecule is Cc1ccc2snc(C(=O)N3CCN(C(=O)NCC4CCCO4)CC3)c2c1. The number of rotatable bonds is 3. The fourth-order valence-electron chi connectivity index (χ4n) is 3.59. The summed E-state index contributed by atoms with van der Waals surface area (Å²) in [5, 5.41) is 3.86. The summed E-state index contributed by atoms with van der Waals surface area (Å²) < 4.78 is 10.9. The zero-order chi connectivity index (χ0) is 18.8. The summed E-state index contributed by atoms with van der Waals surface area (Å²) in [5.41, 5.74) is 1.64. The number of amides is 3. The summed E-state index contributed by atoms with van der Waals surface area (Å²) in [5.74, 6) is -0.0498. The largest absolute Gasteiger partial charge is 0.376 e. The number of urea groups is 1. The maximum atomic E-state index is 12.9. The number of fused-ring (bicyclic) bond motifs is 1. The number of benzene rings is 1. The van der Waals surface area contributed by atoms with Crippen LogP contribution in [-0.2, 0) is 4.74 Å². The number of nitrogens with zero attached hydrogens (tertiary/aromatic N) is 3. The lowest BCUT2D eigenvalue weighted by atomic mass is 10.1. The monoisotopic (exact) mass is 388 g/mol. The average molecular weight is 388 g/mol. The minimum absolute atomic E-state index is 0.0498. The molecule has 2 aliphatic rings. The Morgan fingerprint density at radius 1 is 1.26 bits per heavy atom. The fraction of sp³-hybridized carbons (Fsp3) is 0.526. The predicted molar refractivity (Wildman–Crippen MR) is 104 cm³/mol. The molecule has 144 valence electrons. The van der Waals surface area contributed by atoms with Gasteiger partial charge in [-0.1, -0.05) is 11.6 Å². The Balaban J connectivity index is 1.33. The molecule has 1 unspecified atom stereocenters. The maximum absolute atomic E-state index is 12.9. The lowest BCUT2D eigenvalue weighted by Crippen LogP contribution is -2.53. The number of aryl methyl sites for hydroxylation is 1. The van der Waals surface area contributed by atoms with Gasteiger partial charge in [0.25, 0.3) is 5.91 Å². The van der Waals surface area contributed by atoms with E-state index in [9.17, 15) is 9.59 Å². The molecule has 2 aliphatic heterocycles. The van der Waals surface area contributed by atoms with Crippen LogP contribution in [0.1, 0.15) is 28.9 Å². The van der Waals surface area contributed by atoms with E-state index in [1.165, 1.54) is 11.5 Å². The van der Waals surface area contributed by atoms with Gasteiger partial charge in [0.05, 0.1) is 10.8 Å². The molecule has 2 saturated heterocycles. The molecule has 0 aliphatic carbocycles. The zero-order valence-corrected chi connectivity index (χ0v) is 16.3. The molecule has 0 spiro atoms. The Bertz CT molecular complexity index is 839. The van der Waals surface area contributed by atoms with E-state index in [4.69, 9.17) is 4.74 Å². The molecule has 1 aromatic heterocycles. The predicted octanol–water partition coefficient (Wildman–Crippen LogP) is 2.25. The van der Waals surface area contributed by atoms with Crippen LogP contribution >= 0.6 is 11.5 Å². The van der Waals surface area contributed by atoms with Crippen molar-refractivity contribution in [2.45, 2.75) is 25.9 Å². The summed E-state index contributed by atoms with van der Waals surface area (Å²) in [6.45, 7) is 5.47. The van der Waals surface area contributed by atoms with Gasteiger partial charge in [0.2, 0.25) is 0 Å². The van der Waals surface area contributed by atoms with Crippen molar-refractivity contribution in [3.63, 3.8) is 0 Å². The van der Waals surface area contributed by atoms with Gasteiger partial charge in [0, 0.05) is 44.7 Å². The lowest BCUT2D eigenvalue weighted by Gasteiger charge is -2.34. The van der Waals surface area contributed by atoms with E-state index < -0.39 is 0 Å². The first-order valence-corrected chi connectivity index (χ1v) is 10.2. The first-order chi connectivity index (χ1) is 13.1. The van der Waals surface area contributed by atoms with Crippen molar-refractivity contribution in [3.05, 3.63) is 29.5 Å². The molecule has 2 fully saturated rings. The quantitative estimate of drug-likeness (QED) is 0.875. The summed E-state index contributed by atoms with van der Waals surface area (Å²) in [6.07, 6.45) is 2.20. The van der Waals surface area contributed by atoms with Crippen molar-refractivity contribution in [1.29, 1.82) is 0 Å². The van der Waals surface area contributed by atoms with Crippen molar-refractivity contribution >= 4 is 33.6 Å². The molecular weight excluding hydrogens is 364 g/mol. The molecule has 8 heteroatoms. The Hall–Kier alpha value is -2.19. The molecular formula is C19H24N4O3S. The zero-order valence-electron chi connectivity index (χ0n) is 15.4. The van der Waals surface area contributed by atoms with E-state index in [0.717, 1.165) is 35.1 Å². The van der Waals surface area contributed by atoms with Crippen molar-refractivity contribution < 1.29 is 14.3 Å². The smallest absolute Gasteiger partial charge is 0.317 e. The molecule has 0 bridgehead atoms. The van der Waals surface area contributed by atoms with Crippen molar-refractivity contribution in [2.24, 2.45) is 0 Å². The molecule has 4 rings (SSSR count). The number of carbonyl (C=O) groups is 2. The van der Waals surface area contributed by atoms with Crippen LogP contribution in [0.2, 0.25) is 0 Å². The van der Waals surface area contributed by atoms with Crippen molar-refractivity contribution in [1.82, 2.24) is 19.5 Å². The third-order valence-corrected chi connectivity index (χ3v) is 6.01. The molecule has 2 aromatic rings. The van der Waals surface area contributed by atoms with Gasteiger partial charge < -0.3 is 19.9 Å². The van der Waals surface area contributed by atoms with Gasteiger partial charge in [-0.3, -0.25) is 4.79 Å². The number of hydrogen-bond acceptors (Lipinski definition) is 5. The Morgan fingerprint density at radius 2 is 2.04 bits per heavy atom. The first-order valence-electron chi connectivity index (χ1n) is 9.41. The first kappa shape index (κ1) is 18.2. The summed E-state index contributed by atoms with van der Waals surface area (Å²) in [6, 6.07) is 5.98. The normalized spacial score (nSPS) is 20.3. The lowest BCUT2D eigenvalue weighted by molar-refractivity contribution is 0.0657. The van der Waals surface area contributed by atoms with E-state index in [1.807, 2.05) is 25.1 Å². The van der Waals surface area contributed by atoms with Crippen LogP contribution in [0.25, 0.3) is 10.1 Å².